The number of nitrogens with one attached hydrogen (secondary N) is 2. The predicted molar refractivity (Wildman–Crippen MR) is 85.1 cm³/mol. The average molecular weight is 349 g/mol. The highest BCUT2D eigenvalue weighted by Crippen LogP contribution is 2.21. The van der Waals surface area contributed by atoms with E-state index in [0.29, 0.717) is 5.69 Å². The molecule has 0 spiro atoms. The van der Waals surface area contributed by atoms with Gasteiger partial charge >= 0.3 is 0 Å². The number of carbonyl (C=O) groups is 1. The number of hydrogen-bond donors (Lipinski definition) is 2. The Morgan fingerprint density at radius 3 is 2.86 bits per heavy atom. The molecule has 1 aromatic heterocycles. The first-order chi connectivity index (χ1) is 10.1. The summed E-state index contributed by atoms with van der Waals surface area (Å²) < 4.78 is 1.02. The lowest BCUT2D eigenvalue weighted by atomic mass is 10.1. The Labute approximate surface area is 131 Å². The maximum atomic E-state index is 12.5. The fourth-order valence-electron chi connectivity index (χ4n) is 2.50. The second-order valence-corrected chi connectivity index (χ2v) is 6.14. The molecule has 1 aromatic carbocycles. The largest absolute Gasteiger partial charge is 0.332 e. The molecule has 21 heavy (non-hydrogen) atoms. The molecule has 0 bridgehead atoms. The van der Waals surface area contributed by atoms with Gasteiger partial charge in [0.05, 0.1) is 5.69 Å². The minimum atomic E-state index is 0.0138. The van der Waals surface area contributed by atoms with Gasteiger partial charge < -0.3 is 10.2 Å². The summed E-state index contributed by atoms with van der Waals surface area (Å²) in [5.41, 5.74) is 2.32. The van der Waals surface area contributed by atoms with Crippen LogP contribution in [0, 0.1) is 0 Å². The summed E-state index contributed by atoms with van der Waals surface area (Å²) in [4.78, 5) is 14.4. The first kappa shape index (κ1) is 14.3. The van der Waals surface area contributed by atoms with Crippen molar-refractivity contribution in [3.05, 3.63) is 40.5 Å². The van der Waals surface area contributed by atoms with Crippen molar-refractivity contribution in [1.82, 2.24) is 20.4 Å². The molecule has 5 nitrogen and oxygen atoms in total. The number of carbonyl (C=O) groups excluding carboxylic acids is 1. The van der Waals surface area contributed by atoms with E-state index in [1.807, 2.05) is 35.2 Å². The van der Waals surface area contributed by atoms with Crippen molar-refractivity contribution in [3.63, 3.8) is 0 Å². The van der Waals surface area contributed by atoms with E-state index in [2.05, 4.69) is 38.4 Å². The van der Waals surface area contributed by atoms with Gasteiger partial charge in [0.25, 0.3) is 5.91 Å². The van der Waals surface area contributed by atoms with Gasteiger partial charge in [-0.25, -0.2) is 0 Å². The highest BCUT2D eigenvalue weighted by Gasteiger charge is 2.25. The Kier molecular flexibility index (Phi) is 4.07. The number of hydrogen-bond acceptors (Lipinski definition) is 3. The van der Waals surface area contributed by atoms with Crippen LogP contribution in [0.15, 0.2) is 34.8 Å². The quantitative estimate of drug-likeness (QED) is 0.875. The molecule has 1 fully saturated rings. The van der Waals surface area contributed by atoms with Gasteiger partial charge in [0.1, 0.15) is 5.69 Å². The molecule has 1 aliphatic heterocycles. The lowest BCUT2D eigenvalue weighted by Crippen LogP contribution is -2.52. The summed E-state index contributed by atoms with van der Waals surface area (Å²) in [6.45, 7) is 4.45. The molecule has 1 aliphatic rings. The molecule has 1 saturated heterocycles. The molecule has 3 rings (SSSR count). The monoisotopic (exact) mass is 348 g/mol. The molecule has 110 valence electrons. The maximum Gasteiger partial charge on any atom is 0.272 e. The van der Waals surface area contributed by atoms with Crippen LogP contribution in [0.3, 0.4) is 0 Å². The van der Waals surface area contributed by atoms with E-state index in [-0.39, 0.29) is 11.9 Å². The SMILES string of the molecule is C[C@@H]1CNCCN1C(=O)c1cc(-c2ccc(Br)cc2)n[nH]1. The lowest BCUT2D eigenvalue weighted by molar-refractivity contribution is 0.0649. The third-order valence-corrected chi connectivity index (χ3v) is 4.24. The Balaban J connectivity index is 1.81. The van der Waals surface area contributed by atoms with Crippen LogP contribution in [0.5, 0.6) is 0 Å². The van der Waals surface area contributed by atoms with E-state index in [0.717, 1.165) is 35.4 Å². The van der Waals surface area contributed by atoms with Crippen LogP contribution in [-0.2, 0) is 0 Å². The molecular formula is C15H17BrN4O. The Morgan fingerprint density at radius 1 is 1.38 bits per heavy atom. The number of aromatic amines is 1. The van der Waals surface area contributed by atoms with E-state index >= 15 is 0 Å². The van der Waals surface area contributed by atoms with Gasteiger partial charge in [-0.2, -0.15) is 5.10 Å². The van der Waals surface area contributed by atoms with Crippen molar-refractivity contribution in [3.8, 4) is 11.3 Å². The molecule has 2 N–H and O–H groups in total. The van der Waals surface area contributed by atoms with Crippen LogP contribution >= 0.6 is 15.9 Å². The average Bonchev–Trinajstić information content (AvgIpc) is 2.98. The third kappa shape index (κ3) is 3.01. The molecule has 2 aromatic rings. The second-order valence-electron chi connectivity index (χ2n) is 5.23. The number of benzene rings is 1. The summed E-state index contributed by atoms with van der Waals surface area (Å²) in [5.74, 6) is 0.0138. The number of amides is 1. The zero-order chi connectivity index (χ0) is 14.8. The minimum Gasteiger partial charge on any atom is -0.332 e. The zero-order valence-electron chi connectivity index (χ0n) is 11.8. The standard InChI is InChI=1S/C15H17BrN4O/c1-10-9-17-6-7-20(10)15(21)14-8-13(18-19-14)11-2-4-12(16)5-3-11/h2-5,8,10,17H,6-7,9H2,1H3,(H,18,19)/t10-/m1/s1. The van der Waals surface area contributed by atoms with Crippen LogP contribution in [0.2, 0.25) is 0 Å². The molecule has 0 unspecified atom stereocenters. The third-order valence-electron chi connectivity index (χ3n) is 3.71. The first-order valence-electron chi connectivity index (χ1n) is 6.98. The zero-order valence-corrected chi connectivity index (χ0v) is 13.4. The minimum absolute atomic E-state index is 0.0138. The number of H-pyrrole nitrogens is 1. The Morgan fingerprint density at radius 2 is 2.14 bits per heavy atom. The molecule has 1 atom stereocenters. The normalized spacial score (nSPS) is 18.8. The summed E-state index contributed by atoms with van der Waals surface area (Å²) in [5, 5.41) is 10.4. The van der Waals surface area contributed by atoms with Gasteiger partial charge in [-0.3, -0.25) is 9.89 Å². The van der Waals surface area contributed by atoms with E-state index in [9.17, 15) is 4.79 Å². The second kappa shape index (κ2) is 5.99. The first-order valence-corrected chi connectivity index (χ1v) is 7.77. The summed E-state index contributed by atoms with van der Waals surface area (Å²) in [6.07, 6.45) is 0. The molecule has 1 amide bonds. The fourth-order valence-corrected chi connectivity index (χ4v) is 2.76. The fraction of sp³-hybridized carbons (Fsp3) is 0.333. The Bertz CT molecular complexity index is 637. The highest BCUT2D eigenvalue weighted by atomic mass is 79.9. The van der Waals surface area contributed by atoms with Gasteiger partial charge in [0, 0.05) is 35.7 Å². The molecule has 0 saturated carbocycles. The van der Waals surface area contributed by atoms with Crippen LogP contribution in [0.4, 0.5) is 0 Å². The van der Waals surface area contributed by atoms with Crippen molar-refractivity contribution >= 4 is 21.8 Å². The number of rotatable bonds is 2. The van der Waals surface area contributed by atoms with E-state index in [4.69, 9.17) is 0 Å². The molecule has 2 heterocycles. The highest BCUT2D eigenvalue weighted by molar-refractivity contribution is 9.10. The number of halogens is 1. The van der Waals surface area contributed by atoms with E-state index < -0.39 is 0 Å². The van der Waals surface area contributed by atoms with Gasteiger partial charge in [0.2, 0.25) is 0 Å². The number of piperazine rings is 1. The van der Waals surface area contributed by atoms with E-state index in [1.165, 1.54) is 0 Å². The van der Waals surface area contributed by atoms with Crippen molar-refractivity contribution in [1.29, 1.82) is 0 Å². The predicted octanol–water partition coefficient (Wildman–Crippen LogP) is 2.27. The van der Waals surface area contributed by atoms with Crippen molar-refractivity contribution in [2.45, 2.75) is 13.0 Å². The van der Waals surface area contributed by atoms with E-state index in [1.54, 1.807) is 0 Å². The molecule has 0 aliphatic carbocycles. The molecular weight excluding hydrogens is 332 g/mol. The lowest BCUT2D eigenvalue weighted by Gasteiger charge is -2.33. The molecule has 6 heteroatoms. The number of nitrogens with zero attached hydrogens (tertiary/aromatic N) is 2. The summed E-state index contributed by atoms with van der Waals surface area (Å²) in [7, 11) is 0. The van der Waals surface area contributed by atoms with Gasteiger partial charge in [-0.1, -0.05) is 28.1 Å². The van der Waals surface area contributed by atoms with Gasteiger partial charge in [-0.15, -0.1) is 0 Å². The van der Waals surface area contributed by atoms with Crippen LogP contribution < -0.4 is 5.32 Å². The van der Waals surface area contributed by atoms with Gasteiger partial charge in [-0.05, 0) is 25.1 Å². The van der Waals surface area contributed by atoms with Crippen molar-refractivity contribution in [2.24, 2.45) is 0 Å². The van der Waals surface area contributed by atoms with Gasteiger partial charge in [0.15, 0.2) is 0 Å². The summed E-state index contributed by atoms with van der Waals surface area (Å²) >= 11 is 3.41. The topological polar surface area (TPSA) is 61.0 Å². The van der Waals surface area contributed by atoms with Crippen LogP contribution in [-0.4, -0.2) is 46.7 Å². The van der Waals surface area contributed by atoms with Crippen molar-refractivity contribution in [2.75, 3.05) is 19.6 Å². The van der Waals surface area contributed by atoms with Crippen molar-refractivity contribution < 1.29 is 4.79 Å². The summed E-state index contributed by atoms with van der Waals surface area (Å²) in [6, 6.07) is 9.89. The smallest absolute Gasteiger partial charge is 0.272 e. The molecule has 0 radical (unpaired) electrons. The van der Waals surface area contributed by atoms with Crippen LogP contribution in [0.25, 0.3) is 11.3 Å². The van der Waals surface area contributed by atoms with Crippen LogP contribution in [0.1, 0.15) is 17.4 Å². The Hall–Kier alpha value is -1.66. The number of aromatic nitrogens is 2. The maximum absolute atomic E-state index is 12.5.